The minimum absolute atomic E-state index is 0.0971. The van der Waals surface area contributed by atoms with Gasteiger partial charge in [-0.15, -0.1) is 0 Å². The Bertz CT molecular complexity index is 1150. The van der Waals surface area contributed by atoms with Crippen molar-refractivity contribution in [2.75, 3.05) is 23.8 Å². The van der Waals surface area contributed by atoms with Crippen molar-refractivity contribution in [1.29, 1.82) is 0 Å². The number of nitrogens with one attached hydrogen (secondary N) is 2. The van der Waals surface area contributed by atoms with E-state index in [9.17, 15) is 13.2 Å². The number of sulfonamides is 1. The number of carbonyl (C=O) groups excluding carboxylic acids is 1. The molecule has 0 bridgehead atoms. The van der Waals surface area contributed by atoms with E-state index in [2.05, 4.69) is 10.0 Å². The van der Waals surface area contributed by atoms with Gasteiger partial charge in [0.15, 0.2) is 6.61 Å². The summed E-state index contributed by atoms with van der Waals surface area (Å²) in [6, 6.07) is 18.4. The highest BCUT2D eigenvalue weighted by molar-refractivity contribution is 7.92. The molecule has 0 saturated heterocycles. The Morgan fingerprint density at radius 2 is 1.55 bits per heavy atom. The predicted molar refractivity (Wildman–Crippen MR) is 120 cm³/mol. The lowest BCUT2D eigenvalue weighted by Crippen LogP contribution is -2.20. The Balaban J connectivity index is 1.59. The number of hydrogen-bond acceptors (Lipinski definition) is 5. The van der Waals surface area contributed by atoms with Crippen molar-refractivity contribution in [3.63, 3.8) is 0 Å². The van der Waals surface area contributed by atoms with Gasteiger partial charge in [0.1, 0.15) is 11.5 Å². The summed E-state index contributed by atoms with van der Waals surface area (Å²) in [5, 5.41) is 2.71. The Kier molecular flexibility index (Phi) is 6.81. The van der Waals surface area contributed by atoms with E-state index in [1.165, 1.54) is 24.3 Å². The number of anilines is 2. The fraction of sp³-hybridized carbons (Fsp3) is 0.174. The molecule has 0 saturated carbocycles. The summed E-state index contributed by atoms with van der Waals surface area (Å²) in [7, 11) is -2.19. The monoisotopic (exact) mass is 440 g/mol. The van der Waals surface area contributed by atoms with Crippen molar-refractivity contribution in [1.82, 2.24) is 0 Å². The Morgan fingerprint density at radius 3 is 2.19 bits per heavy atom. The first-order chi connectivity index (χ1) is 14.7. The van der Waals surface area contributed by atoms with E-state index in [-0.39, 0.29) is 17.4 Å². The molecule has 0 aromatic heterocycles. The number of hydrogen-bond donors (Lipinski definition) is 2. The van der Waals surface area contributed by atoms with Gasteiger partial charge in [0.25, 0.3) is 15.9 Å². The molecule has 162 valence electrons. The molecule has 0 aliphatic rings. The molecule has 3 aromatic carbocycles. The molecule has 2 N–H and O–H groups in total. The highest BCUT2D eigenvalue weighted by atomic mass is 32.2. The van der Waals surface area contributed by atoms with Crippen LogP contribution in [0.15, 0.2) is 71.6 Å². The molecule has 8 heteroatoms. The van der Waals surface area contributed by atoms with Crippen LogP contribution in [0.3, 0.4) is 0 Å². The zero-order valence-corrected chi connectivity index (χ0v) is 18.3. The number of carbonyl (C=O) groups is 1. The standard InChI is InChI=1S/C23H24N2O5S/c1-16-11-17(2)13-19(12-16)25-31(27,28)22-9-7-20(8-10-22)30-15-23(26)24-18-5-4-6-21(14-18)29-3/h4-14,25H,15H2,1-3H3,(H,24,26). The number of benzene rings is 3. The summed E-state index contributed by atoms with van der Waals surface area (Å²) < 4.78 is 38.4. The number of amides is 1. The summed E-state index contributed by atoms with van der Waals surface area (Å²) in [6.07, 6.45) is 0. The summed E-state index contributed by atoms with van der Waals surface area (Å²) in [6.45, 7) is 3.59. The molecule has 0 unspecified atom stereocenters. The Labute approximate surface area is 182 Å². The maximum atomic E-state index is 12.6. The first-order valence-electron chi connectivity index (χ1n) is 9.53. The van der Waals surface area contributed by atoms with Crippen LogP contribution in [0, 0.1) is 13.8 Å². The first kappa shape index (κ1) is 22.2. The van der Waals surface area contributed by atoms with Crippen LogP contribution in [0.1, 0.15) is 11.1 Å². The van der Waals surface area contributed by atoms with Crippen molar-refractivity contribution in [2.24, 2.45) is 0 Å². The summed E-state index contributed by atoms with van der Waals surface area (Å²) in [4.78, 5) is 12.2. The molecule has 7 nitrogen and oxygen atoms in total. The van der Waals surface area contributed by atoms with Gasteiger partial charge in [-0.05, 0) is 73.5 Å². The second-order valence-electron chi connectivity index (χ2n) is 7.02. The highest BCUT2D eigenvalue weighted by Crippen LogP contribution is 2.21. The van der Waals surface area contributed by atoms with Gasteiger partial charge in [0.2, 0.25) is 0 Å². The van der Waals surface area contributed by atoms with Gasteiger partial charge in [0.05, 0.1) is 12.0 Å². The maximum absolute atomic E-state index is 12.6. The summed E-state index contributed by atoms with van der Waals surface area (Å²) in [5.74, 6) is 0.664. The summed E-state index contributed by atoms with van der Waals surface area (Å²) >= 11 is 0. The second kappa shape index (κ2) is 9.53. The van der Waals surface area contributed by atoms with Gasteiger partial charge >= 0.3 is 0 Å². The van der Waals surface area contributed by atoms with Crippen LogP contribution in [0.4, 0.5) is 11.4 Å². The quantitative estimate of drug-likeness (QED) is 0.549. The van der Waals surface area contributed by atoms with Crippen LogP contribution in [0.25, 0.3) is 0 Å². The van der Waals surface area contributed by atoms with E-state index in [4.69, 9.17) is 9.47 Å². The number of aryl methyl sites for hydroxylation is 2. The van der Waals surface area contributed by atoms with Crippen LogP contribution < -0.4 is 19.5 Å². The molecule has 3 aromatic rings. The topological polar surface area (TPSA) is 93.7 Å². The minimum atomic E-state index is -3.74. The Hall–Kier alpha value is -3.52. The zero-order valence-electron chi connectivity index (χ0n) is 17.5. The smallest absolute Gasteiger partial charge is 0.262 e. The van der Waals surface area contributed by atoms with Crippen LogP contribution in [-0.4, -0.2) is 28.0 Å². The fourth-order valence-electron chi connectivity index (χ4n) is 3.01. The van der Waals surface area contributed by atoms with Crippen molar-refractivity contribution in [2.45, 2.75) is 18.7 Å². The molecule has 0 radical (unpaired) electrons. The molecule has 3 rings (SSSR count). The predicted octanol–water partition coefficient (Wildman–Crippen LogP) is 4.13. The second-order valence-corrected chi connectivity index (χ2v) is 8.70. The molecule has 0 aliphatic heterocycles. The number of rotatable bonds is 8. The lowest BCUT2D eigenvalue weighted by Gasteiger charge is -2.11. The SMILES string of the molecule is COc1cccc(NC(=O)COc2ccc(S(=O)(=O)Nc3cc(C)cc(C)c3)cc2)c1. The molecule has 0 spiro atoms. The van der Waals surface area contributed by atoms with Gasteiger partial charge in [-0.25, -0.2) is 8.42 Å². The molecular weight excluding hydrogens is 416 g/mol. The molecule has 31 heavy (non-hydrogen) atoms. The fourth-order valence-corrected chi connectivity index (χ4v) is 4.05. The molecule has 1 amide bonds. The van der Waals surface area contributed by atoms with Gasteiger partial charge in [-0.1, -0.05) is 12.1 Å². The van der Waals surface area contributed by atoms with Gasteiger partial charge < -0.3 is 14.8 Å². The first-order valence-corrected chi connectivity index (χ1v) is 11.0. The molecule has 0 atom stereocenters. The van der Waals surface area contributed by atoms with Crippen molar-refractivity contribution in [3.8, 4) is 11.5 Å². The third-order valence-electron chi connectivity index (χ3n) is 4.33. The molecule has 0 heterocycles. The summed E-state index contributed by atoms with van der Waals surface area (Å²) in [5.41, 5.74) is 3.03. The number of methoxy groups -OCH3 is 1. The van der Waals surface area contributed by atoms with Crippen LogP contribution in [-0.2, 0) is 14.8 Å². The average molecular weight is 441 g/mol. The van der Waals surface area contributed by atoms with Crippen molar-refractivity contribution in [3.05, 3.63) is 77.9 Å². The van der Waals surface area contributed by atoms with Gasteiger partial charge in [0, 0.05) is 17.4 Å². The lowest BCUT2D eigenvalue weighted by atomic mass is 10.1. The Morgan fingerprint density at radius 1 is 0.871 bits per heavy atom. The normalized spacial score (nSPS) is 10.9. The van der Waals surface area contributed by atoms with E-state index in [0.29, 0.717) is 22.9 Å². The van der Waals surface area contributed by atoms with E-state index >= 15 is 0 Å². The van der Waals surface area contributed by atoms with E-state index in [1.807, 2.05) is 19.9 Å². The van der Waals surface area contributed by atoms with Gasteiger partial charge in [-0.3, -0.25) is 9.52 Å². The minimum Gasteiger partial charge on any atom is -0.497 e. The number of ether oxygens (including phenoxy) is 2. The van der Waals surface area contributed by atoms with E-state index in [0.717, 1.165) is 11.1 Å². The molecule has 0 aliphatic carbocycles. The zero-order chi connectivity index (χ0) is 22.4. The largest absolute Gasteiger partial charge is 0.497 e. The van der Waals surface area contributed by atoms with E-state index in [1.54, 1.807) is 43.5 Å². The lowest BCUT2D eigenvalue weighted by molar-refractivity contribution is -0.118. The van der Waals surface area contributed by atoms with Crippen LogP contribution in [0.2, 0.25) is 0 Å². The van der Waals surface area contributed by atoms with Crippen LogP contribution in [0.5, 0.6) is 11.5 Å². The third kappa shape index (κ3) is 6.23. The van der Waals surface area contributed by atoms with Crippen molar-refractivity contribution >= 4 is 27.3 Å². The molecule has 0 fully saturated rings. The maximum Gasteiger partial charge on any atom is 0.262 e. The van der Waals surface area contributed by atoms with E-state index < -0.39 is 10.0 Å². The van der Waals surface area contributed by atoms with Crippen LogP contribution >= 0.6 is 0 Å². The third-order valence-corrected chi connectivity index (χ3v) is 5.73. The molecular formula is C23H24N2O5S. The highest BCUT2D eigenvalue weighted by Gasteiger charge is 2.15. The average Bonchev–Trinajstić information content (AvgIpc) is 2.71. The van der Waals surface area contributed by atoms with Crippen molar-refractivity contribution < 1.29 is 22.7 Å². The van der Waals surface area contributed by atoms with Gasteiger partial charge in [-0.2, -0.15) is 0 Å².